The Labute approximate surface area is 189 Å². The van der Waals surface area contributed by atoms with E-state index in [-0.39, 0.29) is 37.0 Å². The zero-order valence-corrected chi connectivity index (χ0v) is 18.9. The van der Waals surface area contributed by atoms with E-state index in [0.29, 0.717) is 33.6 Å². The van der Waals surface area contributed by atoms with Crippen molar-refractivity contribution < 1.29 is 24.2 Å². The highest BCUT2D eigenvalue weighted by molar-refractivity contribution is 8.17. The maximum Gasteiger partial charge on any atom is 0.303 e. The average Bonchev–Trinajstić information content (AvgIpc) is 2.94. The first-order chi connectivity index (χ1) is 15.3. The van der Waals surface area contributed by atoms with Crippen molar-refractivity contribution in [3.8, 4) is 5.75 Å². The number of carbonyl (C=O) groups is 3. The van der Waals surface area contributed by atoms with Crippen LogP contribution < -0.4 is 10.1 Å². The van der Waals surface area contributed by atoms with Gasteiger partial charge in [0, 0.05) is 28.8 Å². The largest absolute Gasteiger partial charge is 0.496 e. The molecule has 2 aromatic rings. The Morgan fingerprint density at radius 3 is 2.75 bits per heavy atom. The Hall–Kier alpha value is -3.40. The average molecular weight is 457 g/mol. The van der Waals surface area contributed by atoms with E-state index < -0.39 is 5.97 Å². The van der Waals surface area contributed by atoms with Crippen LogP contribution in [0.2, 0.25) is 0 Å². The summed E-state index contributed by atoms with van der Waals surface area (Å²) in [6.45, 7) is 3.73. The molecule has 0 fully saturated rings. The number of carboxylic acid groups (broad SMARTS) is 1. The quantitative estimate of drug-likeness (QED) is 0.646. The lowest BCUT2D eigenvalue weighted by atomic mass is 10.2. The summed E-state index contributed by atoms with van der Waals surface area (Å²) < 4.78 is 5.27. The fraction of sp³-hybridized carbons (Fsp3) is 0.318. The fourth-order valence-electron chi connectivity index (χ4n) is 3.24. The van der Waals surface area contributed by atoms with Crippen LogP contribution >= 0.6 is 11.8 Å². The minimum atomic E-state index is -0.987. The lowest BCUT2D eigenvalue weighted by Gasteiger charge is -2.24. The summed E-state index contributed by atoms with van der Waals surface area (Å²) in [5.74, 6) is 0.405. The highest BCUT2D eigenvalue weighted by Gasteiger charge is 2.26. The predicted octanol–water partition coefficient (Wildman–Crippen LogP) is 3.22. The van der Waals surface area contributed by atoms with Crippen molar-refractivity contribution >= 4 is 34.6 Å². The van der Waals surface area contributed by atoms with Gasteiger partial charge in [-0.2, -0.15) is 0 Å². The molecule has 1 aliphatic heterocycles. The number of allylic oxidation sites excluding steroid dienone is 2. The Morgan fingerprint density at radius 1 is 1.28 bits per heavy atom. The van der Waals surface area contributed by atoms with Gasteiger partial charge in [0.15, 0.2) is 0 Å². The normalized spacial score (nSPS) is 14.1. The zero-order chi connectivity index (χ0) is 23.3. The smallest absolute Gasteiger partial charge is 0.303 e. The number of aromatic nitrogens is 2. The number of carbonyl (C=O) groups excluding carboxylic acids is 2. The summed E-state index contributed by atoms with van der Waals surface area (Å²) in [7, 11) is 1.48. The summed E-state index contributed by atoms with van der Waals surface area (Å²) in [4.78, 5) is 47.7. The molecule has 2 N–H and O–H groups in total. The standard InChI is InChI=1S/C22H24N4O5S/c1-13(26-12-15-10-23-14(2)25-21(15)24-11-19(26)27)18(8-9-20(28)29)32-22(30)16-6-4-5-7-17(16)31-3/h4-7,10H,8-9,11-12H2,1-3H3,(H,28,29)(H,23,24,25)/b18-13-. The highest BCUT2D eigenvalue weighted by atomic mass is 32.2. The summed E-state index contributed by atoms with van der Waals surface area (Å²) in [6, 6.07) is 6.82. The lowest BCUT2D eigenvalue weighted by molar-refractivity contribution is -0.136. The number of aryl methyl sites for hydroxylation is 1. The number of nitrogens with one attached hydrogen (secondary N) is 1. The molecule has 0 saturated heterocycles. The molecule has 0 bridgehead atoms. The van der Waals surface area contributed by atoms with Crippen LogP contribution in [-0.2, 0) is 16.1 Å². The number of hydrogen-bond acceptors (Lipinski definition) is 8. The number of methoxy groups -OCH3 is 1. The molecular formula is C22H24N4O5S. The van der Waals surface area contributed by atoms with E-state index >= 15 is 0 Å². The van der Waals surface area contributed by atoms with Crippen LogP contribution in [0.1, 0.15) is 41.5 Å². The van der Waals surface area contributed by atoms with Crippen LogP contribution in [0.4, 0.5) is 5.82 Å². The lowest BCUT2D eigenvalue weighted by Crippen LogP contribution is -2.32. The minimum absolute atomic E-state index is 0.0259. The highest BCUT2D eigenvalue weighted by Crippen LogP contribution is 2.34. The molecule has 0 spiro atoms. The maximum atomic E-state index is 13.0. The Balaban J connectivity index is 1.95. The van der Waals surface area contributed by atoms with E-state index in [9.17, 15) is 19.5 Å². The van der Waals surface area contributed by atoms with Crippen LogP contribution in [-0.4, -0.2) is 50.6 Å². The van der Waals surface area contributed by atoms with Gasteiger partial charge in [-0.3, -0.25) is 14.4 Å². The number of rotatable bonds is 7. The van der Waals surface area contributed by atoms with Gasteiger partial charge in [-0.05, 0) is 44.2 Å². The van der Waals surface area contributed by atoms with E-state index in [1.807, 2.05) is 0 Å². The Kier molecular flexibility index (Phi) is 7.47. The predicted molar refractivity (Wildman–Crippen MR) is 120 cm³/mol. The van der Waals surface area contributed by atoms with E-state index in [1.165, 1.54) is 12.0 Å². The third kappa shape index (κ3) is 5.44. The van der Waals surface area contributed by atoms with Gasteiger partial charge in [0.25, 0.3) is 0 Å². The monoisotopic (exact) mass is 456 g/mol. The van der Waals surface area contributed by atoms with Gasteiger partial charge in [0.2, 0.25) is 11.0 Å². The summed E-state index contributed by atoms with van der Waals surface area (Å²) in [5, 5.41) is 11.9. The van der Waals surface area contributed by atoms with Crippen LogP contribution in [0.3, 0.4) is 0 Å². The summed E-state index contributed by atoms with van der Waals surface area (Å²) in [5.41, 5.74) is 1.64. The first-order valence-corrected chi connectivity index (χ1v) is 10.7. The number of benzene rings is 1. The third-order valence-corrected chi connectivity index (χ3v) is 6.09. The van der Waals surface area contributed by atoms with Gasteiger partial charge < -0.3 is 20.1 Å². The molecule has 0 aliphatic carbocycles. The molecule has 1 amide bonds. The molecule has 9 nitrogen and oxygen atoms in total. The Morgan fingerprint density at radius 2 is 2.03 bits per heavy atom. The van der Waals surface area contributed by atoms with Crippen molar-refractivity contribution in [2.24, 2.45) is 0 Å². The van der Waals surface area contributed by atoms with Crippen molar-refractivity contribution in [1.29, 1.82) is 0 Å². The molecule has 1 aromatic heterocycles. The van der Waals surface area contributed by atoms with Crippen LogP contribution in [0.25, 0.3) is 0 Å². The molecule has 1 aliphatic rings. The minimum Gasteiger partial charge on any atom is -0.496 e. The first-order valence-electron chi connectivity index (χ1n) is 9.93. The molecule has 0 atom stereocenters. The maximum absolute atomic E-state index is 13.0. The summed E-state index contributed by atoms with van der Waals surface area (Å²) in [6.07, 6.45) is 1.60. The Bertz CT molecular complexity index is 1090. The molecule has 0 unspecified atom stereocenters. The van der Waals surface area contributed by atoms with Gasteiger partial charge in [-0.25, -0.2) is 9.97 Å². The van der Waals surface area contributed by atoms with Crippen molar-refractivity contribution in [1.82, 2.24) is 14.9 Å². The third-order valence-electron chi connectivity index (χ3n) is 4.94. The number of carboxylic acids is 1. The molecule has 168 valence electrons. The molecule has 32 heavy (non-hydrogen) atoms. The van der Waals surface area contributed by atoms with E-state index in [4.69, 9.17) is 4.74 Å². The number of amides is 1. The van der Waals surface area contributed by atoms with Crippen molar-refractivity contribution in [3.63, 3.8) is 0 Å². The van der Waals surface area contributed by atoms with Gasteiger partial charge in [0.1, 0.15) is 17.4 Å². The van der Waals surface area contributed by atoms with Gasteiger partial charge in [-0.1, -0.05) is 12.1 Å². The second kappa shape index (κ2) is 10.3. The van der Waals surface area contributed by atoms with E-state index in [0.717, 1.165) is 17.3 Å². The topological polar surface area (TPSA) is 122 Å². The molecule has 0 saturated carbocycles. The number of hydrogen-bond donors (Lipinski definition) is 2. The first kappa shape index (κ1) is 23.3. The van der Waals surface area contributed by atoms with Crippen molar-refractivity contribution in [3.05, 3.63) is 58.0 Å². The number of para-hydroxylation sites is 1. The zero-order valence-electron chi connectivity index (χ0n) is 18.0. The number of ether oxygens (including phenoxy) is 1. The second-order valence-corrected chi connectivity index (χ2v) is 8.18. The van der Waals surface area contributed by atoms with Gasteiger partial charge in [0.05, 0.1) is 25.8 Å². The van der Waals surface area contributed by atoms with Crippen molar-refractivity contribution in [2.45, 2.75) is 33.2 Å². The molecule has 2 heterocycles. The number of aliphatic carboxylic acids is 1. The van der Waals surface area contributed by atoms with E-state index in [1.54, 1.807) is 44.3 Å². The van der Waals surface area contributed by atoms with Gasteiger partial charge >= 0.3 is 5.97 Å². The number of thioether (sulfide) groups is 1. The second-order valence-electron chi connectivity index (χ2n) is 7.12. The number of fused-ring (bicyclic) bond motifs is 1. The van der Waals surface area contributed by atoms with Crippen LogP contribution in [0.15, 0.2) is 41.1 Å². The van der Waals surface area contributed by atoms with E-state index in [2.05, 4.69) is 15.3 Å². The number of anilines is 1. The molecule has 0 radical (unpaired) electrons. The molecule has 10 heteroatoms. The number of nitrogens with zero attached hydrogens (tertiary/aromatic N) is 3. The SMILES string of the molecule is COc1ccccc1C(=O)S/C(CCC(=O)O)=C(/C)N1Cc2cnc(C)nc2NCC1=O. The van der Waals surface area contributed by atoms with Crippen LogP contribution in [0, 0.1) is 6.92 Å². The molecule has 1 aromatic carbocycles. The molecule has 3 rings (SSSR count). The molecular weight excluding hydrogens is 432 g/mol. The van der Waals surface area contributed by atoms with Crippen molar-refractivity contribution in [2.75, 3.05) is 19.0 Å². The summed E-state index contributed by atoms with van der Waals surface area (Å²) >= 11 is 0.916. The van der Waals surface area contributed by atoms with Crippen LogP contribution in [0.5, 0.6) is 5.75 Å². The van der Waals surface area contributed by atoms with Gasteiger partial charge in [-0.15, -0.1) is 0 Å². The fourth-order valence-corrected chi connectivity index (χ4v) is 4.20.